The number of anilines is 3. The molecule has 24 heavy (non-hydrogen) atoms. The van der Waals surface area contributed by atoms with E-state index in [2.05, 4.69) is 5.32 Å². The van der Waals surface area contributed by atoms with Crippen molar-refractivity contribution in [3.63, 3.8) is 0 Å². The van der Waals surface area contributed by atoms with E-state index in [4.69, 9.17) is 5.73 Å². The molecule has 0 spiro atoms. The van der Waals surface area contributed by atoms with Gasteiger partial charge in [0.2, 0.25) is 5.91 Å². The smallest absolute Gasteiger partial charge is 0.323 e. The second-order valence-corrected chi connectivity index (χ2v) is 5.82. The van der Waals surface area contributed by atoms with E-state index in [1.165, 1.54) is 30.8 Å². The minimum Gasteiger partial charge on any atom is -0.399 e. The maximum Gasteiger partial charge on any atom is 0.323 e. The summed E-state index contributed by atoms with van der Waals surface area (Å²) in [5, 5.41) is 2.51. The number of hydrogen-bond acceptors (Lipinski definition) is 5. The number of carbonyl (C=O) groups excluding carboxylic acids is 3. The van der Waals surface area contributed by atoms with Crippen LogP contribution in [0.4, 0.5) is 17.1 Å². The van der Waals surface area contributed by atoms with Crippen molar-refractivity contribution in [1.29, 1.82) is 0 Å². The highest BCUT2D eigenvalue weighted by Crippen LogP contribution is 2.20. The molecule has 0 aliphatic heterocycles. The molecule has 0 atom stereocenters. The van der Waals surface area contributed by atoms with Crippen molar-refractivity contribution < 1.29 is 14.4 Å². The largest absolute Gasteiger partial charge is 0.399 e. The van der Waals surface area contributed by atoms with Gasteiger partial charge in [-0.2, -0.15) is 0 Å². The number of nitrogens with two attached hydrogens (primary N) is 1. The lowest BCUT2D eigenvalue weighted by atomic mass is 10.2. The SMILES string of the molecule is CSc1cccc(NC(=O)C(=O)N(C(C)=O)c2ccc(N)cc2)c1. The maximum atomic E-state index is 12.4. The molecule has 2 rings (SSSR count). The Bertz CT molecular complexity index is 775. The molecule has 2 aromatic rings. The molecule has 0 aliphatic carbocycles. The van der Waals surface area contributed by atoms with Crippen molar-refractivity contribution in [3.8, 4) is 0 Å². The molecule has 0 saturated carbocycles. The van der Waals surface area contributed by atoms with E-state index in [1.807, 2.05) is 12.3 Å². The van der Waals surface area contributed by atoms with Gasteiger partial charge in [0.1, 0.15) is 0 Å². The second-order valence-electron chi connectivity index (χ2n) is 4.94. The Morgan fingerprint density at radius 3 is 2.33 bits per heavy atom. The van der Waals surface area contributed by atoms with Crippen LogP contribution in [-0.4, -0.2) is 24.0 Å². The van der Waals surface area contributed by atoms with Gasteiger partial charge in [-0.05, 0) is 48.7 Å². The molecule has 0 bridgehead atoms. The molecule has 0 heterocycles. The third-order valence-corrected chi connectivity index (χ3v) is 3.92. The summed E-state index contributed by atoms with van der Waals surface area (Å²) in [6.07, 6.45) is 1.91. The van der Waals surface area contributed by atoms with Crippen LogP contribution in [0.5, 0.6) is 0 Å². The maximum absolute atomic E-state index is 12.4. The van der Waals surface area contributed by atoms with E-state index >= 15 is 0 Å². The fourth-order valence-corrected chi connectivity index (χ4v) is 2.51. The number of carbonyl (C=O) groups is 3. The number of benzene rings is 2. The number of amides is 3. The lowest BCUT2D eigenvalue weighted by molar-refractivity contribution is -0.136. The standard InChI is InChI=1S/C17H17N3O3S/c1-11(21)20(14-8-6-12(18)7-9-14)17(23)16(22)19-13-4-3-5-15(10-13)24-2/h3-10H,18H2,1-2H3,(H,19,22). The highest BCUT2D eigenvalue weighted by molar-refractivity contribution is 7.98. The van der Waals surface area contributed by atoms with Gasteiger partial charge in [0.15, 0.2) is 0 Å². The molecule has 2 aromatic carbocycles. The fraction of sp³-hybridized carbons (Fsp3) is 0.118. The van der Waals surface area contributed by atoms with Gasteiger partial charge in [-0.1, -0.05) is 6.07 Å². The molecule has 0 fully saturated rings. The summed E-state index contributed by atoms with van der Waals surface area (Å²) in [4.78, 5) is 38.2. The van der Waals surface area contributed by atoms with Gasteiger partial charge in [-0.25, -0.2) is 4.90 Å². The Kier molecular flexibility index (Phi) is 5.59. The highest BCUT2D eigenvalue weighted by atomic mass is 32.2. The van der Waals surface area contributed by atoms with Crippen LogP contribution in [-0.2, 0) is 14.4 Å². The van der Waals surface area contributed by atoms with Crippen LogP contribution in [0.1, 0.15) is 6.92 Å². The topological polar surface area (TPSA) is 92.5 Å². The van der Waals surface area contributed by atoms with Crippen LogP contribution in [0.3, 0.4) is 0 Å². The van der Waals surface area contributed by atoms with Crippen molar-refractivity contribution in [1.82, 2.24) is 0 Å². The first kappa shape index (κ1) is 17.6. The van der Waals surface area contributed by atoms with Gasteiger partial charge < -0.3 is 11.1 Å². The molecule has 3 N–H and O–H groups in total. The summed E-state index contributed by atoms with van der Waals surface area (Å²) in [5.74, 6) is -2.40. The monoisotopic (exact) mass is 343 g/mol. The molecule has 0 radical (unpaired) electrons. The number of thioether (sulfide) groups is 1. The number of rotatable bonds is 3. The number of nitrogens with zero attached hydrogens (tertiary/aromatic N) is 1. The van der Waals surface area contributed by atoms with Crippen LogP contribution in [0.15, 0.2) is 53.4 Å². The first-order valence-corrected chi connectivity index (χ1v) is 8.30. The van der Waals surface area contributed by atoms with Crippen LogP contribution < -0.4 is 16.0 Å². The Balaban J connectivity index is 2.21. The summed E-state index contributed by atoms with van der Waals surface area (Å²) >= 11 is 1.52. The highest BCUT2D eigenvalue weighted by Gasteiger charge is 2.26. The van der Waals surface area contributed by atoms with Crippen LogP contribution in [0, 0.1) is 0 Å². The predicted octanol–water partition coefficient (Wildman–Crippen LogP) is 2.51. The third kappa shape index (κ3) is 4.14. The van der Waals surface area contributed by atoms with E-state index in [-0.39, 0.29) is 5.69 Å². The van der Waals surface area contributed by atoms with E-state index in [1.54, 1.807) is 30.3 Å². The molecule has 0 aromatic heterocycles. The third-order valence-electron chi connectivity index (χ3n) is 3.19. The molecule has 0 saturated heterocycles. The molecule has 124 valence electrons. The van der Waals surface area contributed by atoms with E-state index in [0.29, 0.717) is 11.4 Å². The quantitative estimate of drug-likeness (QED) is 0.507. The van der Waals surface area contributed by atoms with Gasteiger partial charge >= 0.3 is 11.8 Å². The first-order chi connectivity index (χ1) is 11.4. The zero-order valence-corrected chi connectivity index (χ0v) is 14.1. The number of hydrogen-bond donors (Lipinski definition) is 2. The average Bonchev–Trinajstić information content (AvgIpc) is 2.56. The zero-order valence-electron chi connectivity index (χ0n) is 13.3. The lowest BCUT2D eigenvalue weighted by Crippen LogP contribution is -2.42. The van der Waals surface area contributed by atoms with Crippen LogP contribution in [0.25, 0.3) is 0 Å². The molecule has 6 nitrogen and oxygen atoms in total. The Labute approximate surface area is 144 Å². The molecule has 0 aliphatic rings. The predicted molar refractivity (Wildman–Crippen MR) is 95.9 cm³/mol. The summed E-state index contributed by atoms with van der Waals surface area (Å²) in [7, 11) is 0. The zero-order chi connectivity index (χ0) is 17.7. The molecular weight excluding hydrogens is 326 g/mol. The lowest BCUT2D eigenvalue weighted by Gasteiger charge is -2.18. The van der Waals surface area contributed by atoms with Crippen molar-refractivity contribution >= 4 is 46.5 Å². The van der Waals surface area contributed by atoms with Crippen molar-refractivity contribution in [2.45, 2.75) is 11.8 Å². The Morgan fingerprint density at radius 1 is 1.08 bits per heavy atom. The fourth-order valence-electron chi connectivity index (χ4n) is 2.05. The molecular formula is C17H17N3O3S. The number of imide groups is 1. The first-order valence-electron chi connectivity index (χ1n) is 7.08. The number of nitrogens with one attached hydrogen (secondary N) is 1. The molecule has 7 heteroatoms. The summed E-state index contributed by atoms with van der Waals surface area (Å²) < 4.78 is 0. The Hall–Kier alpha value is -2.80. The van der Waals surface area contributed by atoms with E-state index < -0.39 is 17.7 Å². The average molecular weight is 343 g/mol. The van der Waals surface area contributed by atoms with E-state index in [0.717, 1.165) is 9.80 Å². The Morgan fingerprint density at radius 2 is 1.75 bits per heavy atom. The van der Waals surface area contributed by atoms with Crippen molar-refractivity contribution in [3.05, 3.63) is 48.5 Å². The van der Waals surface area contributed by atoms with Crippen LogP contribution >= 0.6 is 11.8 Å². The minimum absolute atomic E-state index is 0.287. The van der Waals surface area contributed by atoms with Gasteiger partial charge in [-0.3, -0.25) is 14.4 Å². The molecule has 0 unspecified atom stereocenters. The number of nitrogen functional groups attached to an aromatic ring is 1. The van der Waals surface area contributed by atoms with Gasteiger partial charge in [0.05, 0.1) is 5.69 Å². The van der Waals surface area contributed by atoms with Gasteiger partial charge in [-0.15, -0.1) is 11.8 Å². The summed E-state index contributed by atoms with van der Waals surface area (Å²) in [5.41, 5.74) is 6.87. The summed E-state index contributed by atoms with van der Waals surface area (Å²) in [6.45, 7) is 1.22. The summed E-state index contributed by atoms with van der Waals surface area (Å²) in [6, 6.07) is 13.2. The van der Waals surface area contributed by atoms with Gasteiger partial charge in [0, 0.05) is 23.2 Å². The normalized spacial score (nSPS) is 10.1. The molecule has 3 amide bonds. The van der Waals surface area contributed by atoms with Gasteiger partial charge in [0.25, 0.3) is 0 Å². The van der Waals surface area contributed by atoms with E-state index in [9.17, 15) is 14.4 Å². The van der Waals surface area contributed by atoms with Crippen molar-refractivity contribution in [2.75, 3.05) is 22.2 Å². The second kappa shape index (κ2) is 7.65. The minimum atomic E-state index is -0.957. The van der Waals surface area contributed by atoms with Crippen molar-refractivity contribution in [2.24, 2.45) is 0 Å². The van der Waals surface area contributed by atoms with Crippen LogP contribution in [0.2, 0.25) is 0 Å².